The number of alkyl halides is 3. The molecule has 0 saturated heterocycles. The molecule has 0 bridgehead atoms. The molecule has 2 aromatic rings. The highest BCUT2D eigenvalue weighted by molar-refractivity contribution is 6.08. The molecule has 1 amide bonds. The van der Waals surface area contributed by atoms with Crippen molar-refractivity contribution in [2.24, 2.45) is 5.92 Å². The average molecular weight is 407 g/mol. The van der Waals surface area contributed by atoms with Gasteiger partial charge in [-0.25, -0.2) is 4.98 Å². The summed E-state index contributed by atoms with van der Waals surface area (Å²) in [6.07, 6.45) is 3.21. The number of halogens is 3. The molecule has 2 saturated carbocycles. The highest BCUT2D eigenvalue weighted by Gasteiger charge is 2.63. The van der Waals surface area contributed by atoms with Crippen LogP contribution in [0.4, 0.5) is 18.9 Å². The largest absolute Gasteiger partial charge is 0.406 e. The van der Waals surface area contributed by atoms with Gasteiger partial charge in [0.2, 0.25) is 0 Å². The lowest BCUT2D eigenvalue weighted by molar-refractivity contribution is -0.166. The Hall–Kier alpha value is -2.29. The van der Waals surface area contributed by atoms with Gasteiger partial charge in [-0.15, -0.1) is 0 Å². The monoisotopic (exact) mass is 407 g/mol. The standard InChI is InChI=1S/C20H24F3N5O/c21-20(22,23)19(6-7-19)27-9-12-1-3-13(4-2-12)28-11-26-18(29)15-10-25-17-14(16(15)28)5-8-24-17/h5,8,10,12-13,27H,1-4,6-7,9,11H2,(H,24,25)(H,26,29). The molecule has 156 valence electrons. The van der Waals surface area contributed by atoms with Gasteiger partial charge in [-0.05, 0) is 57.1 Å². The van der Waals surface area contributed by atoms with E-state index in [2.05, 4.69) is 25.5 Å². The van der Waals surface area contributed by atoms with Crippen molar-refractivity contribution in [3.05, 3.63) is 24.0 Å². The summed E-state index contributed by atoms with van der Waals surface area (Å²) in [5, 5.41) is 6.66. The maximum absolute atomic E-state index is 13.1. The van der Waals surface area contributed by atoms with Gasteiger partial charge in [0.25, 0.3) is 5.91 Å². The molecule has 6 nitrogen and oxygen atoms in total. The van der Waals surface area contributed by atoms with Crippen molar-refractivity contribution >= 4 is 22.6 Å². The van der Waals surface area contributed by atoms with Gasteiger partial charge < -0.3 is 20.5 Å². The van der Waals surface area contributed by atoms with Crippen LogP contribution in [0.2, 0.25) is 0 Å². The van der Waals surface area contributed by atoms with Crippen molar-refractivity contribution in [2.75, 3.05) is 18.1 Å². The first-order valence-electron chi connectivity index (χ1n) is 10.2. The van der Waals surface area contributed by atoms with E-state index in [0.29, 0.717) is 18.8 Å². The number of amides is 1. The average Bonchev–Trinajstić information content (AvgIpc) is 3.36. The topological polar surface area (TPSA) is 73.1 Å². The molecule has 2 fully saturated rings. The zero-order valence-electron chi connectivity index (χ0n) is 16.0. The minimum Gasteiger partial charge on any atom is -0.350 e. The Bertz CT molecular complexity index is 928. The highest BCUT2D eigenvalue weighted by Crippen LogP contribution is 2.49. The van der Waals surface area contributed by atoms with Crippen LogP contribution in [0.15, 0.2) is 18.5 Å². The number of H-pyrrole nitrogens is 1. The molecule has 29 heavy (non-hydrogen) atoms. The number of anilines is 1. The van der Waals surface area contributed by atoms with Crippen molar-refractivity contribution in [2.45, 2.75) is 56.3 Å². The van der Waals surface area contributed by atoms with Crippen LogP contribution in [0.5, 0.6) is 0 Å². The predicted molar refractivity (Wildman–Crippen MR) is 103 cm³/mol. The van der Waals surface area contributed by atoms with Crippen molar-refractivity contribution in [3.8, 4) is 0 Å². The second-order valence-electron chi connectivity index (χ2n) is 8.53. The van der Waals surface area contributed by atoms with Crippen molar-refractivity contribution in [1.82, 2.24) is 20.6 Å². The number of carbonyl (C=O) groups excluding carboxylic acids is 1. The molecule has 0 atom stereocenters. The van der Waals surface area contributed by atoms with Crippen LogP contribution in [0.1, 0.15) is 48.9 Å². The van der Waals surface area contributed by atoms with Crippen molar-refractivity contribution < 1.29 is 18.0 Å². The van der Waals surface area contributed by atoms with Gasteiger partial charge in [-0.1, -0.05) is 0 Å². The lowest BCUT2D eigenvalue weighted by Crippen LogP contribution is -2.51. The first-order chi connectivity index (χ1) is 13.9. The van der Waals surface area contributed by atoms with Gasteiger partial charge in [0, 0.05) is 23.8 Å². The molecule has 0 spiro atoms. The first-order valence-corrected chi connectivity index (χ1v) is 10.2. The molecule has 0 radical (unpaired) electrons. The van der Waals surface area contributed by atoms with Gasteiger partial charge in [0.05, 0.1) is 17.9 Å². The zero-order valence-corrected chi connectivity index (χ0v) is 16.0. The quantitative estimate of drug-likeness (QED) is 0.727. The van der Waals surface area contributed by atoms with Gasteiger partial charge >= 0.3 is 6.18 Å². The fraction of sp³-hybridized carbons (Fsp3) is 0.600. The normalized spacial score (nSPS) is 26.3. The van der Waals surface area contributed by atoms with Crippen LogP contribution in [0.25, 0.3) is 11.0 Å². The van der Waals surface area contributed by atoms with Crippen LogP contribution in [-0.4, -0.2) is 46.8 Å². The lowest BCUT2D eigenvalue weighted by Gasteiger charge is -2.41. The molecular weight excluding hydrogens is 383 g/mol. The van der Waals surface area contributed by atoms with E-state index in [0.717, 1.165) is 42.4 Å². The molecule has 2 aromatic heterocycles. The van der Waals surface area contributed by atoms with E-state index in [-0.39, 0.29) is 30.7 Å². The fourth-order valence-corrected chi connectivity index (χ4v) is 4.80. The van der Waals surface area contributed by atoms with E-state index in [4.69, 9.17) is 0 Å². The molecule has 0 unspecified atom stereocenters. The Labute approximate surface area is 166 Å². The number of nitrogens with one attached hydrogen (secondary N) is 3. The second-order valence-corrected chi connectivity index (χ2v) is 8.53. The Balaban J connectivity index is 1.27. The minimum absolute atomic E-state index is 0.119. The third-order valence-corrected chi connectivity index (χ3v) is 6.78. The maximum atomic E-state index is 13.1. The summed E-state index contributed by atoms with van der Waals surface area (Å²) >= 11 is 0. The fourth-order valence-electron chi connectivity index (χ4n) is 4.80. The molecule has 3 heterocycles. The summed E-state index contributed by atoms with van der Waals surface area (Å²) in [6.45, 7) is 0.867. The number of nitrogens with zero attached hydrogens (tertiary/aromatic N) is 2. The maximum Gasteiger partial charge on any atom is 0.406 e. The third-order valence-electron chi connectivity index (χ3n) is 6.78. The van der Waals surface area contributed by atoms with Crippen molar-refractivity contribution in [3.63, 3.8) is 0 Å². The van der Waals surface area contributed by atoms with Gasteiger partial charge in [0.15, 0.2) is 0 Å². The van der Waals surface area contributed by atoms with E-state index in [1.165, 1.54) is 0 Å². The van der Waals surface area contributed by atoms with Crippen LogP contribution in [0, 0.1) is 5.92 Å². The van der Waals surface area contributed by atoms with Crippen LogP contribution in [0.3, 0.4) is 0 Å². The number of pyridine rings is 1. The van der Waals surface area contributed by atoms with E-state index >= 15 is 0 Å². The molecule has 3 aliphatic rings. The van der Waals surface area contributed by atoms with E-state index < -0.39 is 11.7 Å². The number of carbonyl (C=O) groups is 1. The zero-order chi connectivity index (χ0) is 20.2. The Kier molecular flexibility index (Phi) is 4.27. The molecule has 3 N–H and O–H groups in total. The summed E-state index contributed by atoms with van der Waals surface area (Å²) in [4.78, 5) is 22.0. The lowest BCUT2D eigenvalue weighted by atomic mass is 9.84. The van der Waals surface area contributed by atoms with E-state index in [9.17, 15) is 18.0 Å². The number of hydrogen-bond acceptors (Lipinski definition) is 4. The minimum atomic E-state index is -4.16. The van der Waals surface area contributed by atoms with Gasteiger partial charge in [-0.3, -0.25) is 4.79 Å². The Morgan fingerprint density at radius 2 is 2.00 bits per heavy atom. The van der Waals surface area contributed by atoms with Crippen LogP contribution >= 0.6 is 0 Å². The van der Waals surface area contributed by atoms with Crippen LogP contribution < -0.4 is 15.5 Å². The molecule has 5 rings (SSSR count). The summed E-state index contributed by atoms with van der Waals surface area (Å²) < 4.78 is 39.4. The van der Waals surface area contributed by atoms with Crippen LogP contribution in [-0.2, 0) is 0 Å². The summed E-state index contributed by atoms with van der Waals surface area (Å²) in [5.74, 6) is 0.140. The van der Waals surface area contributed by atoms with Gasteiger partial charge in [-0.2, -0.15) is 13.2 Å². The molecular formula is C20H24F3N5O. The molecule has 9 heteroatoms. The highest BCUT2D eigenvalue weighted by atomic mass is 19.4. The number of rotatable bonds is 4. The SMILES string of the molecule is O=C1NCN(C2CCC(CNC3(C(F)(F)F)CC3)CC2)c2c1cnc1[nH]ccc21. The summed E-state index contributed by atoms with van der Waals surface area (Å²) in [6, 6.07) is 2.19. The van der Waals surface area contributed by atoms with Crippen molar-refractivity contribution in [1.29, 1.82) is 0 Å². The summed E-state index contributed by atoms with van der Waals surface area (Å²) in [7, 11) is 0. The predicted octanol–water partition coefficient (Wildman–Crippen LogP) is 3.31. The number of aromatic amines is 1. The molecule has 2 aliphatic carbocycles. The molecule has 1 aliphatic heterocycles. The van der Waals surface area contributed by atoms with Gasteiger partial charge in [0.1, 0.15) is 11.2 Å². The van der Waals surface area contributed by atoms with E-state index in [1.54, 1.807) is 6.20 Å². The number of hydrogen-bond donors (Lipinski definition) is 3. The van der Waals surface area contributed by atoms with E-state index in [1.807, 2.05) is 12.3 Å². The second kappa shape index (κ2) is 6.62. The third kappa shape index (κ3) is 3.15. The Morgan fingerprint density at radius 1 is 1.24 bits per heavy atom. The summed E-state index contributed by atoms with van der Waals surface area (Å²) in [5.41, 5.74) is 0.610. The number of aromatic nitrogens is 2. The molecule has 0 aromatic carbocycles. The number of fused-ring (bicyclic) bond motifs is 3. The Morgan fingerprint density at radius 3 is 2.69 bits per heavy atom. The smallest absolute Gasteiger partial charge is 0.350 e. The first kappa shape index (κ1) is 18.7.